The molecule has 1 aromatic heterocycles. The Morgan fingerprint density at radius 1 is 1.50 bits per heavy atom. The third-order valence-electron chi connectivity index (χ3n) is 2.44. The van der Waals surface area contributed by atoms with Gasteiger partial charge in [-0.05, 0) is 0 Å². The van der Waals surface area contributed by atoms with Crippen molar-refractivity contribution in [3.8, 4) is 0 Å². The van der Waals surface area contributed by atoms with E-state index in [1.165, 1.54) is 0 Å². The lowest BCUT2D eigenvalue weighted by Crippen LogP contribution is -2.28. The van der Waals surface area contributed by atoms with E-state index in [9.17, 15) is 4.79 Å². The van der Waals surface area contributed by atoms with E-state index in [4.69, 9.17) is 0 Å². The molecule has 0 aliphatic carbocycles. The molecule has 1 fully saturated rings. The van der Waals surface area contributed by atoms with Gasteiger partial charge in [0.25, 0.3) is 0 Å². The highest BCUT2D eigenvalue weighted by molar-refractivity contribution is 7.15. The van der Waals surface area contributed by atoms with Crippen LogP contribution < -0.4 is 10.6 Å². The first-order valence-electron chi connectivity index (χ1n) is 5.27. The van der Waals surface area contributed by atoms with Crippen LogP contribution in [0.25, 0.3) is 0 Å². The molecule has 0 atom stereocenters. The molecular formula is C9H15N5OS. The molecule has 2 rings (SSSR count). The quantitative estimate of drug-likeness (QED) is 0.773. The molecule has 0 unspecified atom stereocenters. The lowest BCUT2D eigenvalue weighted by atomic mass is 10.4. The number of anilines is 1. The smallest absolute Gasteiger partial charge is 0.221 e. The van der Waals surface area contributed by atoms with Crippen LogP contribution in [0, 0.1) is 0 Å². The van der Waals surface area contributed by atoms with Gasteiger partial charge < -0.3 is 10.6 Å². The summed E-state index contributed by atoms with van der Waals surface area (Å²) in [7, 11) is 1.83. The van der Waals surface area contributed by atoms with Crippen LogP contribution in [-0.4, -0.2) is 47.7 Å². The van der Waals surface area contributed by atoms with Gasteiger partial charge >= 0.3 is 0 Å². The Balaban J connectivity index is 1.90. The monoisotopic (exact) mass is 241 g/mol. The number of hydrogen-bond acceptors (Lipinski definition) is 6. The van der Waals surface area contributed by atoms with Crippen molar-refractivity contribution in [1.29, 1.82) is 0 Å². The molecule has 0 spiro atoms. The number of nitrogens with one attached hydrogen (secondary N) is 2. The van der Waals surface area contributed by atoms with Gasteiger partial charge in [-0.1, -0.05) is 11.3 Å². The van der Waals surface area contributed by atoms with Gasteiger partial charge in [0, 0.05) is 33.1 Å². The lowest BCUT2D eigenvalue weighted by molar-refractivity contribution is -0.120. The van der Waals surface area contributed by atoms with Crippen molar-refractivity contribution in [1.82, 2.24) is 20.4 Å². The van der Waals surface area contributed by atoms with E-state index < -0.39 is 0 Å². The average Bonchev–Trinajstić information content (AvgIpc) is 2.63. The highest BCUT2D eigenvalue weighted by atomic mass is 32.1. The van der Waals surface area contributed by atoms with Crippen LogP contribution in [0.1, 0.15) is 11.4 Å². The number of rotatable bonds is 3. The molecule has 16 heavy (non-hydrogen) atoms. The third-order valence-corrected chi connectivity index (χ3v) is 3.37. The zero-order valence-corrected chi connectivity index (χ0v) is 10.0. The van der Waals surface area contributed by atoms with Crippen molar-refractivity contribution >= 4 is 22.4 Å². The Kier molecular flexibility index (Phi) is 3.68. The van der Waals surface area contributed by atoms with Crippen molar-refractivity contribution in [3.05, 3.63) is 5.01 Å². The second kappa shape index (κ2) is 5.22. The summed E-state index contributed by atoms with van der Waals surface area (Å²) in [6.45, 7) is 3.16. The summed E-state index contributed by atoms with van der Waals surface area (Å²) in [4.78, 5) is 13.4. The summed E-state index contributed by atoms with van der Waals surface area (Å²) < 4.78 is 0. The molecule has 1 aliphatic rings. The van der Waals surface area contributed by atoms with Crippen molar-refractivity contribution < 1.29 is 4.79 Å². The molecule has 2 N–H and O–H groups in total. The maximum atomic E-state index is 11.2. The number of nitrogens with zero attached hydrogens (tertiary/aromatic N) is 3. The minimum absolute atomic E-state index is 0.135. The minimum atomic E-state index is 0.135. The molecule has 1 aliphatic heterocycles. The average molecular weight is 241 g/mol. The molecule has 0 aromatic carbocycles. The van der Waals surface area contributed by atoms with Crippen LogP contribution in [0.3, 0.4) is 0 Å². The highest BCUT2D eigenvalue weighted by Crippen LogP contribution is 2.16. The Morgan fingerprint density at radius 2 is 2.38 bits per heavy atom. The van der Waals surface area contributed by atoms with Gasteiger partial charge in [-0.15, -0.1) is 10.2 Å². The van der Waals surface area contributed by atoms with Crippen LogP contribution in [0.15, 0.2) is 0 Å². The van der Waals surface area contributed by atoms with Crippen molar-refractivity contribution in [3.63, 3.8) is 0 Å². The lowest BCUT2D eigenvalue weighted by Gasteiger charge is -2.16. The molecular weight excluding hydrogens is 226 g/mol. The number of hydrogen-bond donors (Lipinski definition) is 2. The van der Waals surface area contributed by atoms with E-state index in [-0.39, 0.29) is 5.91 Å². The van der Waals surface area contributed by atoms with Crippen molar-refractivity contribution in [2.24, 2.45) is 0 Å². The Hall–Kier alpha value is -1.21. The first-order chi connectivity index (χ1) is 7.78. The molecule has 7 heteroatoms. The third kappa shape index (κ3) is 2.89. The standard InChI is InChI=1S/C9H15N5OS/c1-10-9-13-12-8(16-9)6-14-4-2-7(15)11-3-5-14/h2-6H2,1H3,(H,10,13)(H,11,15). The largest absolute Gasteiger partial charge is 0.363 e. The van der Waals surface area contributed by atoms with Crippen LogP contribution in [-0.2, 0) is 11.3 Å². The zero-order valence-electron chi connectivity index (χ0n) is 9.19. The van der Waals surface area contributed by atoms with Gasteiger partial charge in [0.05, 0.1) is 6.54 Å². The van der Waals surface area contributed by atoms with Gasteiger partial charge in [0.15, 0.2) is 0 Å². The summed E-state index contributed by atoms with van der Waals surface area (Å²) in [5.41, 5.74) is 0. The topological polar surface area (TPSA) is 70.2 Å². The summed E-state index contributed by atoms with van der Waals surface area (Å²) in [6, 6.07) is 0. The molecule has 0 bridgehead atoms. The zero-order chi connectivity index (χ0) is 11.4. The molecule has 1 amide bonds. The normalized spacial score (nSPS) is 17.9. The first-order valence-corrected chi connectivity index (χ1v) is 6.09. The minimum Gasteiger partial charge on any atom is -0.363 e. The number of aromatic nitrogens is 2. The summed E-state index contributed by atoms with van der Waals surface area (Å²) >= 11 is 1.55. The van der Waals surface area contributed by atoms with E-state index in [0.29, 0.717) is 6.42 Å². The fourth-order valence-corrected chi connectivity index (χ4v) is 2.32. The van der Waals surface area contributed by atoms with Gasteiger partial charge in [0.2, 0.25) is 11.0 Å². The van der Waals surface area contributed by atoms with E-state index in [1.807, 2.05) is 7.05 Å². The predicted molar refractivity (Wildman–Crippen MR) is 62.4 cm³/mol. The number of amides is 1. The van der Waals surface area contributed by atoms with Gasteiger partial charge in [-0.2, -0.15) is 0 Å². The first kappa shape index (κ1) is 11.3. The van der Waals surface area contributed by atoms with E-state index >= 15 is 0 Å². The van der Waals surface area contributed by atoms with Gasteiger partial charge in [-0.25, -0.2) is 0 Å². The van der Waals surface area contributed by atoms with Crippen LogP contribution in [0.5, 0.6) is 0 Å². The molecule has 1 saturated heterocycles. The molecule has 6 nitrogen and oxygen atoms in total. The molecule has 2 heterocycles. The Labute approximate surface area is 98.0 Å². The fraction of sp³-hybridized carbons (Fsp3) is 0.667. The summed E-state index contributed by atoms with van der Waals surface area (Å²) in [6.07, 6.45) is 0.567. The van der Waals surface area contributed by atoms with Gasteiger partial charge in [-0.3, -0.25) is 9.69 Å². The fourth-order valence-electron chi connectivity index (χ4n) is 1.58. The van der Waals surface area contributed by atoms with Gasteiger partial charge in [0.1, 0.15) is 5.01 Å². The maximum absolute atomic E-state index is 11.2. The van der Waals surface area contributed by atoms with E-state index in [1.54, 1.807) is 11.3 Å². The van der Waals surface area contributed by atoms with Crippen molar-refractivity contribution in [2.45, 2.75) is 13.0 Å². The van der Waals surface area contributed by atoms with E-state index in [0.717, 1.165) is 36.3 Å². The van der Waals surface area contributed by atoms with E-state index in [2.05, 4.69) is 25.7 Å². The maximum Gasteiger partial charge on any atom is 0.221 e. The Bertz CT molecular complexity index is 367. The summed E-state index contributed by atoms with van der Waals surface area (Å²) in [5, 5.41) is 15.7. The molecule has 0 radical (unpaired) electrons. The van der Waals surface area contributed by atoms with Crippen LogP contribution in [0.4, 0.5) is 5.13 Å². The molecule has 0 saturated carbocycles. The Morgan fingerprint density at radius 3 is 3.12 bits per heavy atom. The highest BCUT2D eigenvalue weighted by Gasteiger charge is 2.15. The van der Waals surface area contributed by atoms with Crippen LogP contribution in [0.2, 0.25) is 0 Å². The van der Waals surface area contributed by atoms with Crippen molar-refractivity contribution in [2.75, 3.05) is 32.0 Å². The van der Waals surface area contributed by atoms with Crippen LogP contribution >= 0.6 is 11.3 Å². The number of carbonyl (C=O) groups is 1. The SMILES string of the molecule is CNc1nnc(CN2CCNC(=O)CC2)s1. The predicted octanol–water partition coefficient (Wildman–Crippen LogP) is -0.0983. The second-order valence-electron chi connectivity index (χ2n) is 3.63. The summed E-state index contributed by atoms with van der Waals surface area (Å²) in [5.74, 6) is 0.135. The second-order valence-corrected chi connectivity index (χ2v) is 4.69. The number of carbonyl (C=O) groups excluding carboxylic acids is 1. The molecule has 1 aromatic rings. The molecule has 88 valence electrons.